The van der Waals surface area contributed by atoms with E-state index in [-0.39, 0.29) is 30.1 Å². The smallest absolute Gasteiger partial charge is 0.410 e. The van der Waals surface area contributed by atoms with Crippen molar-refractivity contribution in [3.63, 3.8) is 0 Å². The third-order valence-electron chi connectivity index (χ3n) is 4.20. The zero-order chi connectivity index (χ0) is 18.9. The van der Waals surface area contributed by atoms with Crippen LogP contribution in [0.3, 0.4) is 0 Å². The van der Waals surface area contributed by atoms with Gasteiger partial charge in [-0.2, -0.15) is 0 Å². The summed E-state index contributed by atoms with van der Waals surface area (Å²) in [6.45, 7) is 13.5. The van der Waals surface area contributed by atoms with Gasteiger partial charge in [0.05, 0.1) is 0 Å². The largest absolute Gasteiger partial charge is 0.444 e. The summed E-state index contributed by atoms with van der Waals surface area (Å²) in [4.78, 5) is 18.3. The Labute approximate surface area is 176 Å². The summed E-state index contributed by atoms with van der Waals surface area (Å²) in [5.74, 6) is 2.01. The van der Waals surface area contributed by atoms with E-state index >= 15 is 0 Å². The van der Waals surface area contributed by atoms with E-state index in [9.17, 15) is 4.79 Å². The summed E-state index contributed by atoms with van der Waals surface area (Å²) in [5.41, 5.74) is -0.440. The molecule has 0 bridgehead atoms. The molecule has 1 aliphatic rings. The van der Waals surface area contributed by atoms with Gasteiger partial charge in [0.1, 0.15) is 5.60 Å². The highest BCUT2D eigenvalue weighted by Gasteiger charge is 2.27. The maximum atomic E-state index is 12.2. The quantitative estimate of drug-likeness (QED) is 0.261. The van der Waals surface area contributed by atoms with Crippen molar-refractivity contribution in [2.75, 3.05) is 33.2 Å². The molecule has 0 radical (unpaired) electrons. The molecule has 2 N–H and O–H groups in total. The highest BCUT2D eigenvalue weighted by atomic mass is 127. The van der Waals surface area contributed by atoms with Crippen molar-refractivity contribution in [3.05, 3.63) is 0 Å². The average Bonchev–Trinajstić information content (AvgIpc) is 2.52. The Hall–Kier alpha value is -0.730. The van der Waals surface area contributed by atoms with Crippen LogP contribution < -0.4 is 10.6 Å². The lowest BCUT2D eigenvalue weighted by Gasteiger charge is -2.34. The standard InChI is InChI=1S/C19H38N4O2.HI/c1-15(2)9-7-11-21-17(20-6)22-13-16-10-8-12-23(14-16)18(24)25-19(3,4)5;/h15-16H,7-14H2,1-6H3,(H2,20,21,22);1H. The highest BCUT2D eigenvalue weighted by Crippen LogP contribution is 2.18. The Morgan fingerprint density at radius 1 is 1.31 bits per heavy atom. The Kier molecular flexibility index (Phi) is 12.3. The van der Waals surface area contributed by atoms with E-state index in [2.05, 4.69) is 29.5 Å². The predicted molar refractivity (Wildman–Crippen MR) is 119 cm³/mol. The van der Waals surface area contributed by atoms with Gasteiger partial charge in [-0.3, -0.25) is 4.99 Å². The Morgan fingerprint density at radius 3 is 2.58 bits per heavy atom. The van der Waals surface area contributed by atoms with E-state index in [1.54, 1.807) is 7.05 Å². The van der Waals surface area contributed by atoms with Crippen LogP contribution in [0.1, 0.15) is 60.3 Å². The zero-order valence-electron chi connectivity index (χ0n) is 17.4. The van der Waals surface area contributed by atoms with Crippen LogP contribution >= 0.6 is 24.0 Å². The number of carbonyl (C=O) groups is 1. The molecule has 26 heavy (non-hydrogen) atoms. The predicted octanol–water partition coefficient (Wildman–Crippen LogP) is 3.85. The van der Waals surface area contributed by atoms with Crippen LogP contribution in [0.15, 0.2) is 4.99 Å². The molecule has 0 saturated carbocycles. The van der Waals surface area contributed by atoms with Crippen LogP contribution in [0.4, 0.5) is 4.79 Å². The number of aliphatic imine (C=N–C) groups is 1. The average molecular weight is 482 g/mol. The fraction of sp³-hybridized carbons (Fsp3) is 0.895. The molecule has 0 aromatic rings. The van der Waals surface area contributed by atoms with Crippen molar-refractivity contribution in [1.29, 1.82) is 0 Å². The molecular weight excluding hydrogens is 443 g/mol. The molecule has 1 heterocycles. The molecule has 0 aromatic carbocycles. The fourth-order valence-corrected chi connectivity index (χ4v) is 2.90. The normalized spacial score (nSPS) is 18.3. The van der Waals surface area contributed by atoms with E-state index in [0.717, 1.165) is 57.3 Å². The van der Waals surface area contributed by atoms with Crippen molar-refractivity contribution in [1.82, 2.24) is 15.5 Å². The summed E-state index contributed by atoms with van der Waals surface area (Å²) in [7, 11) is 1.80. The minimum atomic E-state index is -0.440. The monoisotopic (exact) mass is 482 g/mol. The van der Waals surface area contributed by atoms with Gasteiger partial charge in [-0.05, 0) is 58.3 Å². The lowest BCUT2D eigenvalue weighted by Crippen LogP contribution is -2.47. The molecule has 7 heteroatoms. The summed E-state index contributed by atoms with van der Waals surface area (Å²) in [6, 6.07) is 0. The van der Waals surface area contributed by atoms with E-state index in [1.807, 2.05) is 25.7 Å². The van der Waals surface area contributed by atoms with Gasteiger partial charge < -0.3 is 20.3 Å². The molecule has 1 saturated heterocycles. The summed E-state index contributed by atoms with van der Waals surface area (Å²) >= 11 is 0. The van der Waals surface area contributed by atoms with Gasteiger partial charge in [0.25, 0.3) is 0 Å². The number of likely N-dealkylation sites (tertiary alicyclic amines) is 1. The fourth-order valence-electron chi connectivity index (χ4n) is 2.90. The number of nitrogens with zero attached hydrogens (tertiary/aromatic N) is 2. The second-order valence-electron chi connectivity index (χ2n) is 8.35. The molecule has 1 fully saturated rings. The van der Waals surface area contributed by atoms with Crippen molar-refractivity contribution in [2.24, 2.45) is 16.8 Å². The third kappa shape index (κ3) is 11.1. The number of carbonyl (C=O) groups excluding carboxylic acids is 1. The number of amides is 1. The van der Waals surface area contributed by atoms with Crippen LogP contribution in [0.25, 0.3) is 0 Å². The number of rotatable bonds is 6. The Morgan fingerprint density at radius 2 is 2.00 bits per heavy atom. The third-order valence-corrected chi connectivity index (χ3v) is 4.20. The SMILES string of the molecule is CN=C(NCCCC(C)C)NCC1CCCN(C(=O)OC(C)(C)C)C1.I. The first-order chi connectivity index (χ1) is 11.7. The van der Waals surface area contributed by atoms with Gasteiger partial charge in [-0.15, -0.1) is 24.0 Å². The van der Waals surface area contributed by atoms with Crippen molar-refractivity contribution >= 4 is 36.0 Å². The number of nitrogens with one attached hydrogen (secondary N) is 2. The van der Waals surface area contributed by atoms with Crippen LogP contribution in [-0.2, 0) is 4.74 Å². The number of hydrogen-bond acceptors (Lipinski definition) is 3. The molecule has 1 rings (SSSR count). The summed E-state index contributed by atoms with van der Waals surface area (Å²) in [6.07, 6.45) is 4.31. The first-order valence-electron chi connectivity index (χ1n) is 9.63. The van der Waals surface area contributed by atoms with E-state index < -0.39 is 5.60 Å². The molecule has 6 nitrogen and oxygen atoms in total. The van der Waals surface area contributed by atoms with Gasteiger partial charge >= 0.3 is 6.09 Å². The van der Waals surface area contributed by atoms with Crippen molar-refractivity contribution in [3.8, 4) is 0 Å². The molecule has 154 valence electrons. The van der Waals surface area contributed by atoms with Crippen molar-refractivity contribution in [2.45, 2.75) is 65.9 Å². The molecule has 1 unspecified atom stereocenters. The number of piperidine rings is 1. The summed E-state index contributed by atoms with van der Waals surface area (Å²) < 4.78 is 5.49. The number of halogens is 1. The zero-order valence-corrected chi connectivity index (χ0v) is 19.8. The van der Waals surface area contributed by atoms with Gasteiger partial charge in [0.15, 0.2) is 5.96 Å². The molecule has 0 aromatic heterocycles. The maximum absolute atomic E-state index is 12.2. The van der Waals surface area contributed by atoms with Crippen LogP contribution in [0.2, 0.25) is 0 Å². The number of guanidine groups is 1. The number of hydrogen-bond donors (Lipinski definition) is 2. The number of ether oxygens (including phenoxy) is 1. The second-order valence-corrected chi connectivity index (χ2v) is 8.35. The molecular formula is C19H39IN4O2. The first kappa shape index (κ1) is 25.3. The second kappa shape index (κ2) is 12.6. The van der Waals surface area contributed by atoms with E-state index in [1.165, 1.54) is 6.42 Å². The molecule has 1 atom stereocenters. The Bertz CT molecular complexity index is 436. The van der Waals surface area contributed by atoms with E-state index in [4.69, 9.17) is 4.74 Å². The maximum Gasteiger partial charge on any atom is 0.410 e. The molecule has 1 amide bonds. The lowest BCUT2D eigenvalue weighted by molar-refractivity contribution is 0.0168. The van der Waals surface area contributed by atoms with Gasteiger partial charge in [0, 0.05) is 33.2 Å². The van der Waals surface area contributed by atoms with Crippen LogP contribution in [0, 0.1) is 11.8 Å². The first-order valence-corrected chi connectivity index (χ1v) is 9.63. The molecule has 0 aliphatic carbocycles. The van der Waals surface area contributed by atoms with E-state index in [0.29, 0.717) is 5.92 Å². The minimum Gasteiger partial charge on any atom is -0.444 e. The van der Waals surface area contributed by atoms with Crippen LogP contribution in [-0.4, -0.2) is 55.8 Å². The Balaban J connectivity index is 0.00000625. The lowest BCUT2D eigenvalue weighted by atomic mass is 9.98. The van der Waals surface area contributed by atoms with Gasteiger partial charge in [-0.1, -0.05) is 13.8 Å². The van der Waals surface area contributed by atoms with Gasteiger partial charge in [0.2, 0.25) is 0 Å². The molecule has 1 aliphatic heterocycles. The minimum absolute atomic E-state index is 0. The van der Waals surface area contributed by atoms with Crippen molar-refractivity contribution < 1.29 is 9.53 Å². The van der Waals surface area contributed by atoms with Gasteiger partial charge in [-0.25, -0.2) is 4.79 Å². The summed E-state index contributed by atoms with van der Waals surface area (Å²) in [5, 5.41) is 6.76. The van der Waals surface area contributed by atoms with Crippen LogP contribution in [0.5, 0.6) is 0 Å². The topological polar surface area (TPSA) is 66.0 Å². The molecule has 0 spiro atoms. The highest BCUT2D eigenvalue weighted by molar-refractivity contribution is 14.0.